The maximum absolute atomic E-state index is 11.6. The van der Waals surface area contributed by atoms with E-state index in [1.54, 1.807) is 24.3 Å². The highest BCUT2D eigenvalue weighted by Gasteiger charge is 2.09. The molecule has 1 heterocycles. The van der Waals surface area contributed by atoms with Crippen LogP contribution in [0.2, 0.25) is 10.0 Å². The average molecular weight is 341 g/mol. The van der Waals surface area contributed by atoms with Gasteiger partial charge in [0.1, 0.15) is 0 Å². The van der Waals surface area contributed by atoms with Crippen LogP contribution in [0.5, 0.6) is 0 Å². The molecule has 0 spiro atoms. The zero-order chi connectivity index (χ0) is 15.9. The third kappa shape index (κ3) is 5.09. The first-order valence-electron chi connectivity index (χ1n) is 6.58. The molecule has 0 atom stereocenters. The van der Waals surface area contributed by atoms with Crippen molar-refractivity contribution < 1.29 is 14.0 Å². The lowest BCUT2D eigenvalue weighted by Crippen LogP contribution is -2.37. The van der Waals surface area contributed by atoms with Gasteiger partial charge in [0.25, 0.3) is 5.91 Å². The van der Waals surface area contributed by atoms with Crippen molar-refractivity contribution >= 4 is 35.0 Å². The number of benzene rings is 1. The summed E-state index contributed by atoms with van der Waals surface area (Å²) >= 11 is 11.8. The van der Waals surface area contributed by atoms with E-state index in [0.717, 1.165) is 5.56 Å². The summed E-state index contributed by atoms with van der Waals surface area (Å²) < 4.78 is 4.92. The highest BCUT2D eigenvalue weighted by Crippen LogP contribution is 2.19. The zero-order valence-electron chi connectivity index (χ0n) is 11.6. The largest absolute Gasteiger partial charge is 0.459 e. The molecule has 0 bridgehead atoms. The molecule has 0 fully saturated rings. The fraction of sp³-hybridized carbons (Fsp3) is 0.200. The van der Waals surface area contributed by atoms with Crippen LogP contribution >= 0.6 is 23.2 Å². The molecule has 2 rings (SSSR count). The smallest absolute Gasteiger partial charge is 0.287 e. The van der Waals surface area contributed by atoms with Gasteiger partial charge in [-0.15, -0.1) is 0 Å². The standard InChI is InChI=1S/C15H14Cl2N2O3/c16-11-6-10(7-12(17)8-11)3-4-18-14(20)9-19-15(21)13-2-1-5-22-13/h1-2,5-8H,3-4,9H2,(H,18,20)(H,19,21). The van der Waals surface area contributed by atoms with E-state index in [-0.39, 0.29) is 18.2 Å². The predicted molar refractivity (Wildman–Crippen MR) is 84.2 cm³/mol. The van der Waals surface area contributed by atoms with E-state index in [4.69, 9.17) is 27.6 Å². The summed E-state index contributed by atoms with van der Waals surface area (Å²) in [5.74, 6) is -0.545. The van der Waals surface area contributed by atoms with Gasteiger partial charge in [0.2, 0.25) is 5.91 Å². The second kappa shape index (κ2) is 7.87. The lowest BCUT2D eigenvalue weighted by atomic mass is 10.1. The van der Waals surface area contributed by atoms with Gasteiger partial charge in [-0.2, -0.15) is 0 Å². The van der Waals surface area contributed by atoms with Crippen LogP contribution in [0.15, 0.2) is 41.0 Å². The minimum Gasteiger partial charge on any atom is -0.459 e. The predicted octanol–water partition coefficient (Wildman–Crippen LogP) is 2.68. The quantitative estimate of drug-likeness (QED) is 0.849. The third-order valence-electron chi connectivity index (χ3n) is 2.81. The van der Waals surface area contributed by atoms with Gasteiger partial charge in [-0.3, -0.25) is 9.59 Å². The van der Waals surface area contributed by atoms with Crippen LogP contribution in [-0.4, -0.2) is 24.9 Å². The number of nitrogens with one attached hydrogen (secondary N) is 2. The normalized spacial score (nSPS) is 10.3. The topological polar surface area (TPSA) is 71.3 Å². The van der Waals surface area contributed by atoms with E-state index in [2.05, 4.69) is 10.6 Å². The number of furan rings is 1. The van der Waals surface area contributed by atoms with Crippen molar-refractivity contribution in [2.24, 2.45) is 0 Å². The maximum atomic E-state index is 11.6. The van der Waals surface area contributed by atoms with Gasteiger partial charge in [-0.1, -0.05) is 23.2 Å². The summed E-state index contributed by atoms with van der Waals surface area (Å²) in [5.41, 5.74) is 0.928. The van der Waals surface area contributed by atoms with Gasteiger partial charge in [-0.05, 0) is 42.3 Å². The van der Waals surface area contributed by atoms with Gasteiger partial charge in [0.05, 0.1) is 12.8 Å². The zero-order valence-corrected chi connectivity index (χ0v) is 13.1. The fourth-order valence-electron chi connectivity index (χ4n) is 1.82. The monoisotopic (exact) mass is 340 g/mol. The van der Waals surface area contributed by atoms with Crippen molar-refractivity contribution in [2.75, 3.05) is 13.1 Å². The molecule has 116 valence electrons. The van der Waals surface area contributed by atoms with Crippen LogP contribution in [-0.2, 0) is 11.2 Å². The minimum absolute atomic E-state index is 0.115. The molecule has 1 aromatic heterocycles. The Balaban J connectivity index is 1.70. The summed E-state index contributed by atoms with van der Waals surface area (Å²) in [7, 11) is 0. The highest BCUT2D eigenvalue weighted by atomic mass is 35.5. The summed E-state index contributed by atoms with van der Waals surface area (Å²) in [5, 5.41) is 6.28. The highest BCUT2D eigenvalue weighted by molar-refractivity contribution is 6.34. The fourth-order valence-corrected chi connectivity index (χ4v) is 2.39. The number of rotatable bonds is 6. The number of hydrogen-bond donors (Lipinski definition) is 2. The molecule has 0 radical (unpaired) electrons. The van der Waals surface area contributed by atoms with E-state index in [9.17, 15) is 9.59 Å². The number of carbonyl (C=O) groups is 2. The molecule has 22 heavy (non-hydrogen) atoms. The Morgan fingerprint density at radius 2 is 1.82 bits per heavy atom. The molecule has 0 unspecified atom stereocenters. The Morgan fingerprint density at radius 1 is 1.09 bits per heavy atom. The molecule has 2 N–H and O–H groups in total. The SMILES string of the molecule is O=C(CNC(=O)c1ccco1)NCCc1cc(Cl)cc(Cl)c1. The van der Waals surface area contributed by atoms with Crippen LogP contribution in [0.3, 0.4) is 0 Å². The first kappa shape index (κ1) is 16.4. The third-order valence-corrected chi connectivity index (χ3v) is 3.25. The molecule has 1 aromatic carbocycles. The van der Waals surface area contributed by atoms with Crippen molar-refractivity contribution in [2.45, 2.75) is 6.42 Å². The average Bonchev–Trinajstić information content (AvgIpc) is 2.98. The number of carbonyl (C=O) groups excluding carboxylic acids is 2. The van der Waals surface area contributed by atoms with Gasteiger partial charge < -0.3 is 15.1 Å². The van der Waals surface area contributed by atoms with Crippen molar-refractivity contribution in [1.82, 2.24) is 10.6 Å². The first-order valence-corrected chi connectivity index (χ1v) is 7.33. The summed E-state index contributed by atoms with van der Waals surface area (Å²) in [6, 6.07) is 8.35. The summed E-state index contributed by atoms with van der Waals surface area (Å²) in [6.45, 7) is 0.308. The molecule has 0 saturated carbocycles. The molecule has 5 nitrogen and oxygen atoms in total. The Labute approximate surface area is 137 Å². The Bertz CT molecular complexity index is 637. The molecule has 2 amide bonds. The second-order valence-corrected chi connectivity index (χ2v) is 5.41. The van der Waals surface area contributed by atoms with E-state index in [1.165, 1.54) is 12.3 Å². The summed E-state index contributed by atoms with van der Waals surface area (Å²) in [6.07, 6.45) is 1.99. The Hall–Kier alpha value is -1.98. The van der Waals surface area contributed by atoms with Crippen molar-refractivity contribution in [3.8, 4) is 0 Å². The van der Waals surface area contributed by atoms with Crippen LogP contribution < -0.4 is 10.6 Å². The van der Waals surface area contributed by atoms with Crippen molar-refractivity contribution in [3.05, 3.63) is 58.0 Å². The number of hydrogen-bond acceptors (Lipinski definition) is 3. The molecule has 0 aliphatic heterocycles. The molecule has 2 aromatic rings. The van der Waals surface area contributed by atoms with Gasteiger partial charge >= 0.3 is 0 Å². The Morgan fingerprint density at radius 3 is 2.45 bits per heavy atom. The van der Waals surface area contributed by atoms with Crippen LogP contribution in [0.1, 0.15) is 16.1 Å². The lowest BCUT2D eigenvalue weighted by Gasteiger charge is -2.07. The second-order valence-electron chi connectivity index (χ2n) is 4.54. The molecule has 7 heteroatoms. The molecular weight excluding hydrogens is 327 g/mol. The minimum atomic E-state index is -0.429. The molecule has 0 aliphatic carbocycles. The maximum Gasteiger partial charge on any atom is 0.287 e. The number of amides is 2. The summed E-state index contributed by atoms with van der Waals surface area (Å²) in [4.78, 5) is 23.2. The number of halogens is 2. The van der Waals surface area contributed by atoms with Crippen LogP contribution in [0, 0.1) is 0 Å². The van der Waals surface area contributed by atoms with E-state index in [0.29, 0.717) is 23.0 Å². The van der Waals surface area contributed by atoms with E-state index in [1.807, 2.05) is 0 Å². The van der Waals surface area contributed by atoms with Gasteiger partial charge in [-0.25, -0.2) is 0 Å². The Kier molecular flexibility index (Phi) is 5.86. The van der Waals surface area contributed by atoms with Crippen molar-refractivity contribution in [1.29, 1.82) is 0 Å². The van der Waals surface area contributed by atoms with Crippen LogP contribution in [0.4, 0.5) is 0 Å². The molecular formula is C15H14Cl2N2O3. The molecule has 0 aliphatic rings. The van der Waals surface area contributed by atoms with Gasteiger partial charge in [0.15, 0.2) is 5.76 Å². The van der Waals surface area contributed by atoms with Crippen LogP contribution in [0.25, 0.3) is 0 Å². The first-order chi connectivity index (χ1) is 10.5. The van der Waals surface area contributed by atoms with Crippen molar-refractivity contribution in [3.63, 3.8) is 0 Å². The molecule has 0 saturated heterocycles. The lowest BCUT2D eigenvalue weighted by molar-refractivity contribution is -0.120. The van der Waals surface area contributed by atoms with Gasteiger partial charge in [0, 0.05) is 16.6 Å². The van der Waals surface area contributed by atoms with E-state index >= 15 is 0 Å². The van der Waals surface area contributed by atoms with E-state index < -0.39 is 5.91 Å².